The minimum atomic E-state index is -0.804. The van der Waals surface area contributed by atoms with Crippen LogP contribution in [0.3, 0.4) is 0 Å². The van der Waals surface area contributed by atoms with E-state index in [0.717, 1.165) is 0 Å². The van der Waals surface area contributed by atoms with E-state index in [4.69, 9.17) is 33.2 Å². The molecule has 0 aliphatic carbocycles. The fourth-order valence-electron chi connectivity index (χ4n) is 1.64. The average Bonchev–Trinajstić information content (AvgIpc) is 2.71. The first-order valence-electron chi connectivity index (χ1n) is 9.45. The zero-order chi connectivity index (χ0) is 21.6. The van der Waals surface area contributed by atoms with Crippen LogP contribution in [0.25, 0.3) is 0 Å². The van der Waals surface area contributed by atoms with E-state index in [1.807, 2.05) is 13.8 Å². The van der Waals surface area contributed by atoms with Gasteiger partial charge < -0.3 is 37.9 Å². The molecular weight excluding hydrogens is 392 g/mol. The van der Waals surface area contributed by atoms with Gasteiger partial charge in [-0.15, -0.1) is 0 Å². The lowest BCUT2D eigenvalue weighted by atomic mass is 10.6. The summed E-state index contributed by atoms with van der Waals surface area (Å²) in [5.41, 5.74) is 0. The van der Waals surface area contributed by atoms with Crippen molar-refractivity contribution in [3.63, 3.8) is 0 Å². The second kappa shape index (κ2) is 20.9. The first kappa shape index (κ1) is 27.2. The molecular formula is C18H32O11. The van der Waals surface area contributed by atoms with Crippen molar-refractivity contribution in [2.45, 2.75) is 13.8 Å². The molecule has 0 radical (unpaired) electrons. The van der Waals surface area contributed by atoms with Gasteiger partial charge >= 0.3 is 17.9 Å². The molecule has 0 amide bonds. The molecule has 0 aromatic carbocycles. The van der Waals surface area contributed by atoms with Crippen LogP contribution < -0.4 is 0 Å². The van der Waals surface area contributed by atoms with Gasteiger partial charge in [-0.1, -0.05) is 0 Å². The van der Waals surface area contributed by atoms with E-state index in [2.05, 4.69) is 4.74 Å². The number of hydrogen-bond acceptors (Lipinski definition) is 11. The summed E-state index contributed by atoms with van der Waals surface area (Å²) in [4.78, 5) is 34.2. The Morgan fingerprint density at radius 3 is 1.31 bits per heavy atom. The van der Waals surface area contributed by atoms with Gasteiger partial charge in [-0.05, 0) is 13.8 Å². The summed E-state index contributed by atoms with van der Waals surface area (Å²) in [6.07, 6.45) is 0. The average molecular weight is 424 g/mol. The van der Waals surface area contributed by atoms with E-state index in [9.17, 15) is 14.4 Å². The maximum Gasteiger partial charge on any atom is 0.344 e. The van der Waals surface area contributed by atoms with E-state index >= 15 is 0 Å². The highest BCUT2D eigenvalue weighted by Crippen LogP contribution is 1.89. The van der Waals surface area contributed by atoms with Gasteiger partial charge in [-0.3, -0.25) is 0 Å². The molecule has 0 heterocycles. The quantitative estimate of drug-likeness (QED) is 0.146. The van der Waals surface area contributed by atoms with Gasteiger partial charge in [-0.25, -0.2) is 14.4 Å². The van der Waals surface area contributed by atoms with Gasteiger partial charge in [0.1, 0.15) is 26.4 Å². The van der Waals surface area contributed by atoms with Crippen LogP contribution in [0, 0.1) is 0 Å². The van der Waals surface area contributed by atoms with Crippen LogP contribution >= 0.6 is 0 Å². The highest BCUT2D eigenvalue weighted by molar-refractivity contribution is 5.77. The van der Waals surface area contributed by atoms with E-state index in [0.29, 0.717) is 39.6 Å². The second-order valence-corrected chi connectivity index (χ2v) is 5.21. The predicted octanol–water partition coefficient (Wildman–Crippen LogP) is -0.261. The number of esters is 3. The third-order valence-electron chi connectivity index (χ3n) is 2.92. The van der Waals surface area contributed by atoms with E-state index < -0.39 is 37.7 Å². The fraction of sp³-hybridized carbons (Fsp3) is 0.833. The highest BCUT2D eigenvalue weighted by atomic mass is 16.6. The Morgan fingerprint density at radius 1 is 0.448 bits per heavy atom. The van der Waals surface area contributed by atoms with Gasteiger partial charge in [0, 0.05) is 13.2 Å². The van der Waals surface area contributed by atoms with Gasteiger partial charge in [0.15, 0.2) is 6.61 Å². The van der Waals surface area contributed by atoms with Gasteiger partial charge in [0.25, 0.3) is 0 Å². The van der Waals surface area contributed by atoms with E-state index in [1.54, 1.807) is 0 Å². The van der Waals surface area contributed by atoms with Crippen molar-refractivity contribution in [2.24, 2.45) is 0 Å². The van der Waals surface area contributed by atoms with Crippen molar-refractivity contribution in [3.05, 3.63) is 0 Å². The number of ether oxygens (including phenoxy) is 8. The van der Waals surface area contributed by atoms with Gasteiger partial charge in [0.2, 0.25) is 0 Å². The molecule has 170 valence electrons. The third-order valence-corrected chi connectivity index (χ3v) is 2.92. The summed E-state index contributed by atoms with van der Waals surface area (Å²) in [6, 6.07) is 0. The summed E-state index contributed by atoms with van der Waals surface area (Å²) in [6.45, 7) is 5.85. The van der Waals surface area contributed by atoms with Gasteiger partial charge in [-0.2, -0.15) is 0 Å². The Morgan fingerprint density at radius 2 is 0.828 bits per heavy atom. The predicted molar refractivity (Wildman–Crippen MR) is 98.3 cm³/mol. The molecule has 11 heteroatoms. The summed E-state index contributed by atoms with van der Waals surface area (Å²) in [7, 11) is 0. The van der Waals surface area contributed by atoms with Crippen molar-refractivity contribution in [3.8, 4) is 0 Å². The molecule has 0 rings (SSSR count). The maximum absolute atomic E-state index is 11.4. The summed E-state index contributed by atoms with van der Waals surface area (Å²) < 4.78 is 39.6. The summed E-state index contributed by atoms with van der Waals surface area (Å²) >= 11 is 0. The molecule has 0 fully saturated rings. The minimum absolute atomic E-state index is 0.0419. The van der Waals surface area contributed by atoms with Gasteiger partial charge in [0.05, 0.1) is 39.6 Å². The van der Waals surface area contributed by atoms with Crippen molar-refractivity contribution in [2.75, 3.05) is 85.9 Å². The number of carbonyl (C=O) groups excluding carboxylic acids is 3. The number of hydrogen-bond donors (Lipinski definition) is 0. The highest BCUT2D eigenvalue weighted by Gasteiger charge is 2.10. The first-order valence-corrected chi connectivity index (χ1v) is 9.45. The van der Waals surface area contributed by atoms with Crippen molar-refractivity contribution < 1.29 is 52.3 Å². The van der Waals surface area contributed by atoms with Crippen molar-refractivity contribution in [1.29, 1.82) is 0 Å². The minimum Gasteiger partial charge on any atom is -0.462 e. The normalized spacial score (nSPS) is 10.6. The molecule has 0 aromatic rings. The largest absolute Gasteiger partial charge is 0.462 e. The molecule has 0 aromatic heterocycles. The van der Waals surface area contributed by atoms with Crippen LogP contribution in [0.2, 0.25) is 0 Å². The second-order valence-electron chi connectivity index (χ2n) is 5.21. The van der Waals surface area contributed by atoms with Crippen LogP contribution in [0.15, 0.2) is 0 Å². The van der Waals surface area contributed by atoms with Crippen LogP contribution in [0.4, 0.5) is 0 Å². The lowest BCUT2D eigenvalue weighted by Gasteiger charge is -2.08. The van der Waals surface area contributed by atoms with Crippen LogP contribution in [-0.4, -0.2) is 104 Å². The standard InChI is InChI=1S/C18H32O11/c1-3-22-5-7-24-9-11-27-16(19)13-26-14-17(20)29-15-18(21)28-12-10-25-8-6-23-4-2/h3-15H2,1-2H3. The molecule has 0 bridgehead atoms. The molecule has 0 saturated carbocycles. The molecule has 0 spiro atoms. The third kappa shape index (κ3) is 20.7. The van der Waals surface area contributed by atoms with E-state index in [-0.39, 0.29) is 26.4 Å². The van der Waals surface area contributed by atoms with Crippen molar-refractivity contribution in [1.82, 2.24) is 0 Å². The van der Waals surface area contributed by atoms with Crippen LogP contribution in [0.5, 0.6) is 0 Å². The smallest absolute Gasteiger partial charge is 0.344 e. The Balaban J connectivity index is 3.47. The van der Waals surface area contributed by atoms with E-state index in [1.165, 1.54) is 0 Å². The Bertz CT molecular complexity index is 428. The Hall–Kier alpha value is -1.79. The molecule has 0 saturated heterocycles. The first-order chi connectivity index (χ1) is 14.1. The molecule has 0 aliphatic heterocycles. The Labute approximate surface area is 170 Å². The summed E-state index contributed by atoms with van der Waals surface area (Å²) in [5.74, 6) is -2.16. The van der Waals surface area contributed by atoms with Crippen molar-refractivity contribution >= 4 is 17.9 Å². The monoisotopic (exact) mass is 424 g/mol. The molecule has 0 atom stereocenters. The molecule has 0 N–H and O–H groups in total. The summed E-state index contributed by atoms with van der Waals surface area (Å²) in [5, 5.41) is 0. The topological polar surface area (TPSA) is 125 Å². The van der Waals surface area contributed by atoms with Crippen LogP contribution in [0.1, 0.15) is 13.8 Å². The van der Waals surface area contributed by atoms with Crippen LogP contribution in [-0.2, 0) is 52.3 Å². The molecule has 29 heavy (non-hydrogen) atoms. The zero-order valence-corrected chi connectivity index (χ0v) is 17.2. The molecule has 11 nitrogen and oxygen atoms in total. The lowest BCUT2D eigenvalue weighted by molar-refractivity contribution is -0.164. The maximum atomic E-state index is 11.4. The number of rotatable bonds is 20. The fourth-order valence-corrected chi connectivity index (χ4v) is 1.64. The zero-order valence-electron chi connectivity index (χ0n) is 17.2. The number of carbonyl (C=O) groups is 3. The molecule has 0 aliphatic rings. The molecule has 0 unspecified atom stereocenters. The Kier molecular flexibility index (Phi) is 19.6. The SMILES string of the molecule is CCOCCOCCOC(=O)COCC(=O)OCC(=O)OCCOCCOCC. The lowest BCUT2D eigenvalue weighted by Crippen LogP contribution is -2.23.